The SMILES string of the molecule is COc1cccc(C(c2nnnn2C(C)(C)C)N2CCC(C(N)=O)CC2)c1OC. The number of rotatable bonds is 6. The highest BCUT2D eigenvalue weighted by molar-refractivity contribution is 5.76. The number of benzene rings is 1. The second-order valence-electron chi connectivity index (χ2n) is 8.32. The fourth-order valence-corrected chi connectivity index (χ4v) is 3.91. The maximum Gasteiger partial charge on any atom is 0.220 e. The summed E-state index contributed by atoms with van der Waals surface area (Å²) in [6.07, 6.45) is 1.41. The monoisotopic (exact) mass is 402 g/mol. The lowest BCUT2D eigenvalue weighted by Crippen LogP contribution is -2.42. The number of aromatic nitrogens is 4. The van der Waals surface area contributed by atoms with Crippen molar-refractivity contribution < 1.29 is 14.3 Å². The highest BCUT2D eigenvalue weighted by atomic mass is 16.5. The molecule has 1 aromatic carbocycles. The van der Waals surface area contributed by atoms with Crippen LogP contribution in [0.15, 0.2) is 18.2 Å². The van der Waals surface area contributed by atoms with E-state index in [4.69, 9.17) is 15.2 Å². The van der Waals surface area contributed by atoms with Gasteiger partial charge >= 0.3 is 0 Å². The summed E-state index contributed by atoms with van der Waals surface area (Å²) in [5, 5.41) is 12.6. The molecule has 1 unspecified atom stereocenters. The Kier molecular flexibility index (Phi) is 6.07. The lowest BCUT2D eigenvalue weighted by Gasteiger charge is -2.37. The summed E-state index contributed by atoms with van der Waals surface area (Å²) in [6, 6.07) is 5.56. The van der Waals surface area contributed by atoms with E-state index < -0.39 is 0 Å². The van der Waals surface area contributed by atoms with Gasteiger partial charge in [0.1, 0.15) is 6.04 Å². The number of carbonyl (C=O) groups is 1. The average molecular weight is 402 g/mol. The number of amides is 1. The van der Waals surface area contributed by atoms with Crippen LogP contribution in [0.4, 0.5) is 0 Å². The Morgan fingerprint density at radius 1 is 1.21 bits per heavy atom. The Morgan fingerprint density at radius 3 is 2.45 bits per heavy atom. The second-order valence-corrected chi connectivity index (χ2v) is 8.32. The number of tetrazole rings is 1. The first-order valence-electron chi connectivity index (χ1n) is 9.81. The first kappa shape index (κ1) is 21.0. The molecule has 0 spiro atoms. The number of hydrogen-bond donors (Lipinski definition) is 1. The van der Waals surface area contributed by atoms with Crippen LogP contribution in [0.1, 0.15) is 51.0 Å². The summed E-state index contributed by atoms with van der Waals surface area (Å²) in [7, 11) is 3.25. The molecule has 2 N–H and O–H groups in total. The Bertz CT molecular complexity index is 852. The standard InChI is InChI=1S/C20H30N6O3/c1-20(2,3)26-19(22-23-24-26)16(25-11-9-13(10-12-25)18(21)27)14-7-6-8-15(28-4)17(14)29-5/h6-8,13,16H,9-12H2,1-5H3,(H2,21,27). The number of likely N-dealkylation sites (tertiary alicyclic amines) is 1. The van der Waals surface area contributed by atoms with Crippen LogP contribution in [0, 0.1) is 5.92 Å². The third-order valence-corrected chi connectivity index (χ3v) is 5.40. The molecule has 1 amide bonds. The number of primary amides is 1. The van der Waals surface area contributed by atoms with E-state index in [1.54, 1.807) is 14.2 Å². The first-order valence-corrected chi connectivity index (χ1v) is 9.81. The maximum atomic E-state index is 11.6. The Hall–Kier alpha value is -2.68. The van der Waals surface area contributed by atoms with Crippen LogP contribution in [0.3, 0.4) is 0 Å². The van der Waals surface area contributed by atoms with Gasteiger partial charge in [0.15, 0.2) is 17.3 Å². The molecule has 0 saturated carbocycles. The number of nitrogens with two attached hydrogens (primary N) is 1. The predicted molar refractivity (Wildman–Crippen MR) is 108 cm³/mol. The van der Waals surface area contributed by atoms with Crippen molar-refractivity contribution >= 4 is 5.91 Å². The molecule has 158 valence electrons. The minimum Gasteiger partial charge on any atom is -0.493 e. The summed E-state index contributed by atoms with van der Waals surface area (Å²) < 4.78 is 13.1. The van der Waals surface area contributed by atoms with E-state index in [0.29, 0.717) is 37.4 Å². The third kappa shape index (κ3) is 4.19. The molecule has 29 heavy (non-hydrogen) atoms. The van der Waals surface area contributed by atoms with Crippen LogP contribution in [0.2, 0.25) is 0 Å². The van der Waals surface area contributed by atoms with Crippen molar-refractivity contribution in [3.63, 3.8) is 0 Å². The fourth-order valence-electron chi connectivity index (χ4n) is 3.91. The van der Waals surface area contributed by atoms with Gasteiger partial charge in [-0.25, -0.2) is 4.68 Å². The van der Waals surface area contributed by atoms with E-state index in [2.05, 4.69) is 41.2 Å². The third-order valence-electron chi connectivity index (χ3n) is 5.40. The van der Waals surface area contributed by atoms with Crippen LogP contribution in [0.25, 0.3) is 0 Å². The summed E-state index contributed by atoms with van der Waals surface area (Å²) in [5.74, 6) is 1.69. The zero-order valence-corrected chi connectivity index (χ0v) is 17.8. The van der Waals surface area contributed by atoms with E-state index in [1.165, 1.54) is 0 Å². The predicted octanol–water partition coefficient (Wildman–Crippen LogP) is 1.73. The molecule has 2 heterocycles. The van der Waals surface area contributed by atoms with E-state index >= 15 is 0 Å². The summed E-state index contributed by atoms with van der Waals surface area (Å²) in [4.78, 5) is 13.9. The maximum absolute atomic E-state index is 11.6. The molecule has 0 bridgehead atoms. The van der Waals surface area contributed by atoms with Crippen molar-refractivity contribution in [2.45, 2.75) is 45.2 Å². The second kappa shape index (κ2) is 8.36. The van der Waals surface area contributed by atoms with Crippen LogP contribution in [-0.2, 0) is 10.3 Å². The molecule has 1 aromatic heterocycles. The van der Waals surface area contributed by atoms with Gasteiger partial charge in [-0.3, -0.25) is 9.69 Å². The number of piperidine rings is 1. The van der Waals surface area contributed by atoms with Crippen LogP contribution >= 0.6 is 0 Å². The van der Waals surface area contributed by atoms with Gasteiger partial charge in [0.2, 0.25) is 5.91 Å². The topological polar surface area (TPSA) is 108 Å². The minimum atomic E-state index is -0.297. The van der Waals surface area contributed by atoms with Crippen LogP contribution < -0.4 is 15.2 Å². The number of methoxy groups -OCH3 is 2. The summed E-state index contributed by atoms with van der Waals surface area (Å²) in [5.41, 5.74) is 6.15. The first-order chi connectivity index (χ1) is 13.8. The molecule has 1 aliphatic heterocycles. The molecule has 1 aliphatic rings. The van der Waals surface area contributed by atoms with Gasteiger partial charge in [-0.15, -0.1) is 5.10 Å². The zero-order valence-electron chi connectivity index (χ0n) is 17.8. The zero-order chi connectivity index (χ0) is 21.2. The molecule has 9 heteroatoms. The van der Waals surface area contributed by atoms with E-state index in [1.807, 2.05) is 22.9 Å². The fraction of sp³-hybridized carbons (Fsp3) is 0.600. The number of nitrogens with zero attached hydrogens (tertiary/aromatic N) is 5. The van der Waals surface area contributed by atoms with Gasteiger partial charge in [-0.1, -0.05) is 12.1 Å². The van der Waals surface area contributed by atoms with Gasteiger partial charge in [-0.2, -0.15) is 0 Å². The van der Waals surface area contributed by atoms with Crippen LogP contribution in [-0.4, -0.2) is 58.3 Å². The smallest absolute Gasteiger partial charge is 0.220 e. The van der Waals surface area contributed by atoms with Gasteiger partial charge in [0.25, 0.3) is 0 Å². The van der Waals surface area contributed by atoms with Gasteiger partial charge in [-0.05, 0) is 63.2 Å². The minimum absolute atomic E-state index is 0.0993. The molecule has 1 fully saturated rings. The number of hydrogen-bond acceptors (Lipinski definition) is 7. The summed E-state index contributed by atoms with van der Waals surface area (Å²) in [6.45, 7) is 7.59. The molecule has 3 rings (SSSR count). The lowest BCUT2D eigenvalue weighted by atomic mass is 9.92. The molecule has 2 aromatic rings. The van der Waals surface area contributed by atoms with E-state index in [0.717, 1.165) is 11.4 Å². The highest BCUT2D eigenvalue weighted by Gasteiger charge is 2.36. The largest absolute Gasteiger partial charge is 0.493 e. The molecular formula is C20H30N6O3. The Balaban J connectivity index is 2.10. The van der Waals surface area contributed by atoms with Gasteiger partial charge in [0.05, 0.1) is 19.8 Å². The van der Waals surface area contributed by atoms with E-state index in [-0.39, 0.29) is 23.4 Å². The number of para-hydroxylation sites is 1. The van der Waals surface area contributed by atoms with Crippen molar-refractivity contribution in [2.75, 3.05) is 27.3 Å². The van der Waals surface area contributed by atoms with Gasteiger partial charge < -0.3 is 15.2 Å². The molecule has 9 nitrogen and oxygen atoms in total. The Morgan fingerprint density at radius 2 is 1.90 bits per heavy atom. The van der Waals surface area contributed by atoms with Gasteiger partial charge in [0, 0.05) is 11.5 Å². The van der Waals surface area contributed by atoms with E-state index in [9.17, 15) is 4.79 Å². The number of carbonyl (C=O) groups excluding carboxylic acids is 1. The average Bonchev–Trinajstić information content (AvgIpc) is 3.18. The summed E-state index contributed by atoms with van der Waals surface area (Å²) >= 11 is 0. The van der Waals surface area contributed by atoms with Crippen molar-refractivity contribution in [3.05, 3.63) is 29.6 Å². The van der Waals surface area contributed by atoms with Crippen LogP contribution in [0.5, 0.6) is 11.5 Å². The lowest BCUT2D eigenvalue weighted by molar-refractivity contribution is -0.123. The normalized spacial score (nSPS) is 17.1. The Labute approximate surface area is 171 Å². The van der Waals surface area contributed by atoms with Crippen molar-refractivity contribution in [3.8, 4) is 11.5 Å². The highest BCUT2D eigenvalue weighted by Crippen LogP contribution is 2.41. The molecular weight excluding hydrogens is 372 g/mol. The van der Waals surface area contributed by atoms with Crippen molar-refractivity contribution in [2.24, 2.45) is 11.7 Å². The molecule has 0 radical (unpaired) electrons. The molecule has 1 atom stereocenters. The quantitative estimate of drug-likeness (QED) is 0.784. The number of ether oxygens (including phenoxy) is 2. The molecule has 0 aliphatic carbocycles. The molecule has 1 saturated heterocycles. The van der Waals surface area contributed by atoms with Crippen molar-refractivity contribution in [1.29, 1.82) is 0 Å². The van der Waals surface area contributed by atoms with Crippen molar-refractivity contribution in [1.82, 2.24) is 25.1 Å².